The highest BCUT2D eigenvalue weighted by Gasteiger charge is 2.22. The number of carbonyl (C=O) groups excluding carboxylic acids is 1. The molecule has 120 valence electrons. The van der Waals surface area contributed by atoms with Gasteiger partial charge in [-0.25, -0.2) is 4.79 Å². The number of hydrogen-bond acceptors (Lipinski definition) is 3. The molecule has 1 aromatic carbocycles. The second-order valence-corrected chi connectivity index (χ2v) is 5.87. The molecule has 3 nitrogen and oxygen atoms in total. The number of benzene rings is 1. The van der Waals surface area contributed by atoms with E-state index in [1.165, 1.54) is 11.6 Å². The van der Waals surface area contributed by atoms with Crippen LogP contribution in [0.5, 0.6) is 0 Å². The van der Waals surface area contributed by atoms with Crippen LogP contribution in [0.3, 0.4) is 0 Å². The van der Waals surface area contributed by atoms with Gasteiger partial charge < -0.3 is 4.74 Å². The highest BCUT2D eigenvalue weighted by atomic mass is 16.5. The summed E-state index contributed by atoms with van der Waals surface area (Å²) in [4.78, 5) is 12.2. The molecule has 0 amide bonds. The fraction of sp³-hybridized carbons (Fsp3) is 0.400. The molecular formula is C20H23NO2. The van der Waals surface area contributed by atoms with E-state index in [1.807, 2.05) is 36.4 Å². The molecular weight excluding hydrogens is 286 g/mol. The predicted octanol–water partition coefficient (Wildman–Crippen LogP) is 4.60. The Morgan fingerprint density at radius 1 is 1.22 bits per heavy atom. The molecule has 0 bridgehead atoms. The van der Waals surface area contributed by atoms with Gasteiger partial charge in [0.2, 0.25) is 0 Å². The standard InChI is InChI=1S/C20H23NO2/c1-2-16-7-11-18(12-8-16)20(22)23-19-13-9-17(10-14-19)6-4-3-5-15-21/h3-8,11-12,17,19H,2,9-10,13-14H2,1H3/b5-3?,6-4+. The molecule has 1 aliphatic carbocycles. The van der Waals surface area contributed by atoms with Gasteiger partial charge in [-0.3, -0.25) is 0 Å². The third kappa shape index (κ3) is 5.41. The van der Waals surface area contributed by atoms with E-state index in [4.69, 9.17) is 10.00 Å². The number of rotatable bonds is 5. The fourth-order valence-electron chi connectivity index (χ4n) is 2.81. The number of allylic oxidation sites excluding steroid dienone is 4. The van der Waals surface area contributed by atoms with Gasteiger partial charge in [-0.2, -0.15) is 5.26 Å². The molecule has 2 rings (SSSR count). The SMILES string of the molecule is CCc1ccc(C(=O)OC2CCC(/C=C/C=CC#N)CC2)cc1. The van der Waals surface area contributed by atoms with Crippen molar-refractivity contribution in [3.8, 4) is 6.07 Å². The van der Waals surface area contributed by atoms with Crippen molar-refractivity contribution in [3.05, 3.63) is 59.7 Å². The molecule has 3 heteroatoms. The van der Waals surface area contributed by atoms with Crippen molar-refractivity contribution >= 4 is 5.97 Å². The van der Waals surface area contributed by atoms with Gasteiger partial charge in [0.25, 0.3) is 0 Å². The van der Waals surface area contributed by atoms with Gasteiger partial charge in [-0.1, -0.05) is 37.3 Å². The third-order valence-corrected chi connectivity index (χ3v) is 4.26. The Morgan fingerprint density at radius 3 is 2.52 bits per heavy atom. The van der Waals surface area contributed by atoms with Crippen LogP contribution in [-0.4, -0.2) is 12.1 Å². The van der Waals surface area contributed by atoms with Crippen LogP contribution in [-0.2, 0) is 11.2 Å². The smallest absolute Gasteiger partial charge is 0.338 e. The van der Waals surface area contributed by atoms with Crippen molar-refractivity contribution in [2.24, 2.45) is 5.92 Å². The van der Waals surface area contributed by atoms with Crippen LogP contribution in [0.15, 0.2) is 48.6 Å². The van der Waals surface area contributed by atoms with E-state index >= 15 is 0 Å². The first-order valence-electron chi connectivity index (χ1n) is 8.25. The molecule has 0 saturated heterocycles. The highest BCUT2D eigenvalue weighted by molar-refractivity contribution is 5.89. The minimum atomic E-state index is -0.219. The topological polar surface area (TPSA) is 50.1 Å². The van der Waals surface area contributed by atoms with Crippen molar-refractivity contribution in [2.75, 3.05) is 0 Å². The molecule has 0 heterocycles. The molecule has 0 spiro atoms. The maximum absolute atomic E-state index is 12.2. The first-order valence-corrected chi connectivity index (χ1v) is 8.25. The summed E-state index contributed by atoms with van der Waals surface area (Å²) in [5.74, 6) is 0.292. The van der Waals surface area contributed by atoms with Crippen LogP contribution < -0.4 is 0 Å². The zero-order valence-corrected chi connectivity index (χ0v) is 13.6. The van der Waals surface area contributed by atoms with Crippen molar-refractivity contribution in [2.45, 2.75) is 45.1 Å². The summed E-state index contributed by atoms with van der Waals surface area (Å²) < 4.78 is 5.62. The zero-order valence-electron chi connectivity index (χ0n) is 13.6. The first kappa shape index (κ1) is 17.0. The summed E-state index contributed by atoms with van der Waals surface area (Å²) in [6, 6.07) is 9.61. The van der Waals surface area contributed by atoms with Crippen LogP contribution in [0.2, 0.25) is 0 Å². The Morgan fingerprint density at radius 2 is 1.91 bits per heavy atom. The molecule has 1 saturated carbocycles. The number of esters is 1. The highest BCUT2D eigenvalue weighted by Crippen LogP contribution is 2.27. The summed E-state index contributed by atoms with van der Waals surface area (Å²) in [5, 5.41) is 8.43. The molecule has 1 aliphatic rings. The second-order valence-electron chi connectivity index (χ2n) is 5.87. The Balaban J connectivity index is 1.79. The molecule has 0 aromatic heterocycles. The molecule has 1 aromatic rings. The lowest BCUT2D eigenvalue weighted by molar-refractivity contribution is 0.0185. The maximum Gasteiger partial charge on any atom is 0.338 e. The number of nitrogens with zero attached hydrogens (tertiary/aromatic N) is 1. The van der Waals surface area contributed by atoms with Gasteiger partial charge in [0, 0.05) is 6.08 Å². The number of aryl methyl sites for hydroxylation is 1. The number of hydrogen-bond donors (Lipinski definition) is 0. The quantitative estimate of drug-likeness (QED) is 0.454. The van der Waals surface area contributed by atoms with E-state index in [1.54, 1.807) is 6.08 Å². The predicted molar refractivity (Wildman–Crippen MR) is 90.9 cm³/mol. The molecule has 0 N–H and O–H groups in total. The average Bonchev–Trinajstić information content (AvgIpc) is 2.60. The van der Waals surface area contributed by atoms with Crippen LogP contribution in [0.1, 0.15) is 48.5 Å². The van der Waals surface area contributed by atoms with Crippen molar-refractivity contribution in [1.29, 1.82) is 5.26 Å². The summed E-state index contributed by atoms with van der Waals surface area (Å²) in [5.41, 5.74) is 1.85. The third-order valence-electron chi connectivity index (χ3n) is 4.26. The molecule has 0 atom stereocenters. The Bertz CT molecular complexity index is 600. The van der Waals surface area contributed by atoms with Crippen molar-refractivity contribution in [1.82, 2.24) is 0 Å². The van der Waals surface area contributed by atoms with Crippen LogP contribution in [0.4, 0.5) is 0 Å². The van der Waals surface area contributed by atoms with Crippen LogP contribution in [0.25, 0.3) is 0 Å². The van der Waals surface area contributed by atoms with Gasteiger partial charge in [-0.15, -0.1) is 0 Å². The minimum Gasteiger partial charge on any atom is -0.459 e. The van der Waals surface area contributed by atoms with Crippen LogP contribution in [0, 0.1) is 17.2 Å². The lowest BCUT2D eigenvalue weighted by Gasteiger charge is -2.26. The summed E-state index contributed by atoms with van der Waals surface area (Å²) in [7, 11) is 0. The maximum atomic E-state index is 12.2. The lowest BCUT2D eigenvalue weighted by atomic mass is 9.87. The average molecular weight is 309 g/mol. The Kier molecular flexibility index (Phi) is 6.62. The van der Waals surface area contributed by atoms with E-state index < -0.39 is 0 Å². The zero-order chi connectivity index (χ0) is 16.5. The van der Waals surface area contributed by atoms with Gasteiger partial charge in [-0.05, 0) is 55.7 Å². The van der Waals surface area contributed by atoms with Gasteiger partial charge >= 0.3 is 5.97 Å². The molecule has 0 radical (unpaired) electrons. The van der Waals surface area contributed by atoms with Crippen molar-refractivity contribution < 1.29 is 9.53 Å². The molecule has 1 fully saturated rings. The monoisotopic (exact) mass is 309 g/mol. The molecule has 23 heavy (non-hydrogen) atoms. The van der Waals surface area contributed by atoms with E-state index in [-0.39, 0.29) is 12.1 Å². The van der Waals surface area contributed by atoms with Crippen molar-refractivity contribution in [3.63, 3.8) is 0 Å². The largest absolute Gasteiger partial charge is 0.459 e. The summed E-state index contributed by atoms with van der Waals surface area (Å²) in [6.45, 7) is 2.09. The van der Waals surface area contributed by atoms with E-state index in [2.05, 4.69) is 13.0 Å². The minimum absolute atomic E-state index is 0.0210. The second kappa shape index (κ2) is 8.95. The van der Waals surface area contributed by atoms with E-state index in [9.17, 15) is 4.79 Å². The first-order chi connectivity index (χ1) is 11.2. The normalized spacial score (nSPS) is 21.4. The number of carbonyl (C=O) groups is 1. The van der Waals surface area contributed by atoms with Crippen LogP contribution >= 0.6 is 0 Å². The van der Waals surface area contributed by atoms with Gasteiger partial charge in [0.15, 0.2) is 0 Å². The van der Waals surface area contributed by atoms with E-state index in [0.29, 0.717) is 11.5 Å². The summed E-state index contributed by atoms with van der Waals surface area (Å²) in [6.07, 6.45) is 12.1. The van der Waals surface area contributed by atoms with Gasteiger partial charge in [0.05, 0.1) is 11.6 Å². The Labute approximate surface area is 138 Å². The molecule has 0 unspecified atom stereocenters. The van der Waals surface area contributed by atoms with Gasteiger partial charge in [0.1, 0.15) is 6.10 Å². The van der Waals surface area contributed by atoms with E-state index in [0.717, 1.165) is 32.1 Å². The number of ether oxygens (including phenoxy) is 1. The summed E-state index contributed by atoms with van der Waals surface area (Å²) >= 11 is 0. The number of nitriles is 1. The lowest BCUT2D eigenvalue weighted by Crippen LogP contribution is -2.24. The Hall–Kier alpha value is -2.34. The molecule has 0 aliphatic heterocycles. The fourth-order valence-corrected chi connectivity index (χ4v) is 2.81.